The van der Waals surface area contributed by atoms with Crippen molar-refractivity contribution in [3.05, 3.63) is 17.7 Å². The Labute approximate surface area is 74.5 Å². The van der Waals surface area contributed by atoms with Gasteiger partial charge in [0.05, 0.1) is 11.9 Å². The predicted octanol–water partition coefficient (Wildman–Crippen LogP) is 1.53. The van der Waals surface area contributed by atoms with Crippen molar-refractivity contribution in [2.75, 3.05) is 5.73 Å². The quantitative estimate of drug-likeness (QED) is 0.718. The molecular formula is C8H9N3O2. The number of rotatable bonds is 1. The molecule has 2 aromatic heterocycles. The normalized spacial score (nSPS) is 10.6. The van der Waals surface area contributed by atoms with Gasteiger partial charge in [0.2, 0.25) is 5.76 Å². The van der Waals surface area contributed by atoms with Crippen LogP contribution in [-0.2, 0) is 0 Å². The Morgan fingerprint density at radius 2 is 2.15 bits per heavy atom. The Bertz CT molecular complexity index is 411. The van der Waals surface area contributed by atoms with Gasteiger partial charge in [0.25, 0.3) is 5.89 Å². The van der Waals surface area contributed by atoms with Crippen molar-refractivity contribution in [3.63, 3.8) is 0 Å². The molecule has 0 fully saturated rings. The molecule has 0 radical (unpaired) electrons. The third kappa shape index (κ3) is 1.18. The van der Waals surface area contributed by atoms with Crippen molar-refractivity contribution >= 4 is 5.69 Å². The number of hydrogen-bond acceptors (Lipinski definition) is 5. The Morgan fingerprint density at radius 3 is 2.62 bits per heavy atom. The molecule has 0 saturated carbocycles. The Kier molecular flexibility index (Phi) is 1.58. The van der Waals surface area contributed by atoms with Crippen LogP contribution < -0.4 is 5.73 Å². The lowest BCUT2D eigenvalue weighted by atomic mass is 10.4. The molecule has 2 heterocycles. The number of aromatic nitrogens is 2. The summed E-state index contributed by atoms with van der Waals surface area (Å²) in [6, 6.07) is 0. The van der Waals surface area contributed by atoms with E-state index in [0.717, 1.165) is 11.5 Å². The van der Waals surface area contributed by atoms with E-state index in [2.05, 4.69) is 10.1 Å². The smallest absolute Gasteiger partial charge is 0.268 e. The maximum Gasteiger partial charge on any atom is 0.268 e. The third-order valence-corrected chi connectivity index (χ3v) is 1.82. The zero-order chi connectivity index (χ0) is 9.42. The second-order valence-electron chi connectivity index (χ2n) is 2.77. The van der Waals surface area contributed by atoms with E-state index in [9.17, 15) is 0 Å². The number of nitrogens with zero attached hydrogens (tertiary/aromatic N) is 2. The topological polar surface area (TPSA) is 78.1 Å². The van der Waals surface area contributed by atoms with Crippen molar-refractivity contribution < 1.29 is 8.94 Å². The minimum atomic E-state index is 0.380. The highest BCUT2D eigenvalue weighted by Crippen LogP contribution is 2.25. The zero-order valence-corrected chi connectivity index (χ0v) is 7.37. The fourth-order valence-electron chi connectivity index (χ4n) is 0.980. The first-order chi connectivity index (χ1) is 6.18. The molecule has 5 heteroatoms. The van der Waals surface area contributed by atoms with Gasteiger partial charge >= 0.3 is 0 Å². The van der Waals surface area contributed by atoms with Crippen molar-refractivity contribution in [1.82, 2.24) is 10.1 Å². The molecule has 2 rings (SSSR count). The van der Waals surface area contributed by atoms with E-state index in [1.165, 1.54) is 6.20 Å². The van der Waals surface area contributed by atoms with Crippen LogP contribution in [-0.4, -0.2) is 10.1 Å². The Balaban J connectivity index is 2.53. The highest BCUT2D eigenvalue weighted by Gasteiger charge is 2.15. The van der Waals surface area contributed by atoms with Crippen molar-refractivity contribution in [1.29, 1.82) is 0 Å². The predicted molar refractivity (Wildman–Crippen MR) is 45.9 cm³/mol. The average Bonchev–Trinajstić information content (AvgIpc) is 2.60. The summed E-state index contributed by atoms with van der Waals surface area (Å²) >= 11 is 0. The van der Waals surface area contributed by atoms with Crippen LogP contribution in [0.1, 0.15) is 11.5 Å². The molecule has 0 aliphatic rings. The molecule has 0 atom stereocenters. The second kappa shape index (κ2) is 2.62. The van der Waals surface area contributed by atoms with Gasteiger partial charge < -0.3 is 14.7 Å². The molecule has 2 aromatic rings. The molecule has 0 aliphatic heterocycles. The lowest BCUT2D eigenvalue weighted by molar-refractivity contribution is 0.413. The van der Waals surface area contributed by atoms with E-state index >= 15 is 0 Å². The molecule has 0 aliphatic carbocycles. The molecule has 0 saturated heterocycles. The van der Waals surface area contributed by atoms with E-state index in [1.54, 1.807) is 0 Å². The van der Waals surface area contributed by atoms with Crippen molar-refractivity contribution in [3.8, 4) is 11.7 Å². The molecule has 0 amide bonds. The first kappa shape index (κ1) is 7.85. The van der Waals surface area contributed by atoms with E-state index < -0.39 is 0 Å². The van der Waals surface area contributed by atoms with Gasteiger partial charge in [-0.3, -0.25) is 0 Å². The first-order valence-corrected chi connectivity index (χ1v) is 3.83. The summed E-state index contributed by atoms with van der Waals surface area (Å²) in [5.41, 5.74) is 6.83. The van der Waals surface area contributed by atoms with Gasteiger partial charge in [-0.1, -0.05) is 5.16 Å². The number of nitrogens with two attached hydrogens (primary N) is 1. The fourth-order valence-corrected chi connectivity index (χ4v) is 0.980. The van der Waals surface area contributed by atoms with Gasteiger partial charge in [-0.2, -0.15) is 0 Å². The summed E-state index contributed by atoms with van der Waals surface area (Å²) in [6.45, 7) is 3.69. The number of nitrogen functional groups attached to an aromatic ring is 1. The molecule has 13 heavy (non-hydrogen) atoms. The lowest BCUT2D eigenvalue weighted by Gasteiger charge is -1.87. The fraction of sp³-hybridized carbons (Fsp3) is 0.250. The van der Waals surface area contributed by atoms with E-state index in [-0.39, 0.29) is 0 Å². The second-order valence-corrected chi connectivity index (χ2v) is 2.77. The van der Waals surface area contributed by atoms with Gasteiger partial charge in [-0.05, 0) is 13.8 Å². The summed E-state index contributed by atoms with van der Waals surface area (Å²) in [4.78, 5) is 4.13. The Hall–Kier alpha value is -1.78. The largest absolute Gasteiger partial charge is 0.439 e. The van der Waals surface area contributed by atoms with Crippen LogP contribution in [0, 0.1) is 13.8 Å². The number of anilines is 1. The van der Waals surface area contributed by atoms with Crippen LogP contribution in [0.25, 0.3) is 11.7 Å². The number of hydrogen-bond donors (Lipinski definition) is 1. The van der Waals surface area contributed by atoms with Crippen LogP contribution in [0.4, 0.5) is 5.69 Å². The molecule has 5 nitrogen and oxygen atoms in total. The summed E-state index contributed by atoms with van der Waals surface area (Å²) in [7, 11) is 0. The molecule has 0 bridgehead atoms. The standard InChI is InChI=1S/C8H9N3O2/c1-4-5(2)12-8(11-4)7-6(9)3-10-13-7/h3H,9H2,1-2H3. The average molecular weight is 179 g/mol. The minimum Gasteiger partial charge on any atom is -0.439 e. The summed E-state index contributed by atoms with van der Waals surface area (Å²) in [5.74, 6) is 1.52. The minimum absolute atomic E-state index is 0.380. The molecule has 0 aromatic carbocycles. The van der Waals surface area contributed by atoms with Gasteiger partial charge in [0.1, 0.15) is 11.4 Å². The highest BCUT2D eigenvalue weighted by atomic mass is 16.5. The highest BCUT2D eigenvalue weighted by molar-refractivity contribution is 5.62. The van der Waals surface area contributed by atoms with Crippen LogP contribution in [0.15, 0.2) is 15.1 Å². The van der Waals surface area contributed by atoms with Crippen LogP contribution in [0.5, 0.6) is 0 Å². The monoisotopic (exact) mass is 179 g/mol. The lowest BCUT2D eigenvalue weighted by Crippen LogP contribution is -1.84. The van der Waals surface area contributed by atoms with Crippen LogP contribution >= 0.6 is 0 Å². The molecule has 0 unspecified atom stereocenters. The van der Waals surface area contributed by atoms with E-state index in [1.807, 2.05) is 13.8 Å². The van der Waals surface area contributed by atoms with Gasteiger partial charge in [-0.25, -0.2) is 4.98 Å². The first-order valence-electron chi connectivity index (χ1n) is 3.83. The SMILES string of the molecule is Cc1nc(-c2oncc2N)oc1C. The summed E-state index contributed by atoms with van der Waals surface area (Å²) in [5, 5.41) is 3.54. The number of aryl methyl sites for hydroxylation is 2. The van der Waals surface area contributed by atoms with E-state index in [4.69, 9.17) is 14.7 Å². The van der Waals surface area contributed by atoms with E-state index in [0.29, 0.717) is 17.3 Å². The van der Waals surface area contributed by atoms with Crippen LogP contribution in [0.2, 0.25) is 0 Å². The van der Waals surface area contributed by atoms with Gasteiger partial charge in [0, 0.05) is 0 Å². The van der Waals surface area contributed by atoms with Crippen LogP contribution in [0.3, 0.4) is 0 Å². The van der Waals surface area contributed by atoms with Crippen molar-refractivity contribution in [2.45, 2.75) is 13.8 Å². The molecule has 68 valence electrons. The number of oxazole rings is 1. The van der Waals surface area contributed by atoms with Crippen molar-refractivity contribution in [2.24, 2.45) is 0 Å². The maximum atomic E-state index is 5.58. The molecule has 2 N–H and O–H groups in total. The summed E-state index contributed by atoms with van der Waals surface area (Å²) in [6.07, 6.45) is 1.42. The molecule has 0 spiro atoms. The zero-order valence-electron chi connectivity index (χ0n) is 7.37. The third-order valence-electron chi connectivity index (χ3n) is 1.82. The van der Waals surface area contributed by atoms with Gasteiger partial charge in [-0.15, -0.1) is 0 Å². The maximum absolute atomic E-state index is 5.58. The Morgan fingerprint density at radius 1 is 1.38 bits per heavy atom. The molecular weight excluding hydrogens is 170 g/mol. The van der Waals surface area contributed by atoms with Gasteiger partial charge in [0.15, 0.2) is 0 Å². The summed E-state index contributed by atoms with van der Waals surface area (Å²) < 4.78 is 10.2.